The Bertz CT molecular complexity index is 3010. The summed E-state index contributed by atoms with van der Waals surface area (Å²) < 4.78 is 49.7. The first-order chi connectivity index (χ1) is 33.4. The molecule has 4 aromatic heterocycles. The molecule has 8 N–H and O–H groups in total. The Morgan fingerprint density at radius 1 is 0.594 bits per heavy atom. The molecule has 4 heterocycles. The van der Waals surface area contributed by atoms with Crippen molar-refractivity contribution in [1.82, 2.24) is 25.3 Å². The van der Waals surface area contributed by atoms with Gasteiger partial charge in [-0.2, -0.15) is 0 Å². The van der Waals surface area contributed by atoms with Crippen LogP contribution in [0.3, 0.4) is 0 Å². The number of amides is 3. The number of aromatic carboxylic acids is 1. The van der Waals surface area contributed by atoms with Crippen molar-refractivity contribution in [1.29, 1.82) is 0 Å². The van der Waals surface area contributed by atoms with E-state index in [9.17, 15) is 28.0 Å². The second-order valence-electron chi connectivity index (χ2n) is 14.3. The van der Waals surface area contributed by atoms with Crippen LogP contribution in [0.15, 0.2) is 120 Å². The minimum absolute atomic E-state index is 0.0556. The number of halogens is 2. The summed E-state index contributed by atoms with van der Waals surface area (Å²) in [7, 11) is 0. The molecule has 21 heteroatoms. The van der Waals surface area contributed by atoms with Crippen LogP contribution in [0.4, 0.5) is 8.78 Å². The van der Waals surface area contributed by atoms with Gasteiger partial charge in [-0.15, -0.1) is 22.7 Å². The minimum atomic E-state index is -0.996. The van der Waals surface area contributed by atoms with Crippen LogP contribution >= 0.6 is 22.7 Å². The lowest BCUT2D eigenvalue weighted by molar-refractivity contribution is -0.117. The van der Waals surface area contributed by atoms with Gasteiger partial charge in [-0.3, -0.25) is 14.4 Å². The Balaban J connectivity index is 0.000000208. The molecule has 0 aliphatic rings. The number of nitrogens with two attached hydrogens (primary N) is 3. The highest BCUT2D eigenvalue weighted by Gasteiger charge is 2.16. The average molecular weight is 979 g/mol. The lowest BCUT2D eigenvalue weighted by Crippen LogP contribution is -2.33. The molecule has 0 aliphatic heterocycles. The second kappa shape index (κ2) is 25.1. The number of hydrogen-bond acceptors (Lipinski definition) is 15. The largest absolute Gasteiger partial charge is 0.493 e. The summed E-state index contributed by atoms with van der Waals surface area (Å²) in [5.41, 5.74) is 18.3. The van der Waals surface area contributed by atoms with Gasteiger partial charge in [-0.1, -0.05) is 36.4 Å². The molecule has 0 atom stereocenters. The predicted molar refractivity (Wildman–Crippen MR) is 256 cm³/mol. The number of benzene rings is 4. The van der Waals surface area contributed by atoms with Crippen molar-refractivity contribution in [2.24, 2.45) is 17.2 Å². The van der Waals surface area contributed by atoms with E-state index < -0.39 is 23.7 Å². The van der Waals surface area contributed by atoms with E-state index in [1.165, 1.54) is 71.7 Å². The van der Waals surface area contributed by atoms with Crippen LogP contribution in [-0.2, 0) is 9.59 Å². The summed E-state index contributed by atoms with van der Waals surface area (Å²) in [6, 6.07) is 25.5. The van der Waals surface area contributed by atoms with Crippen LogP contribution in [0.2, 0.25) is 0 Å². The molecule has 0 aliphatic carbocycles. The molecule has 0 bridgehead atoms. The molecule has 356 valence electrons. The van der Waals surface area contributed by atoms with E-state index in [2.05, 4.69) is 31.0 Å². The summed E-state index contributed by atoms with van der Waals surface area (Å²) in [4.78, 5) is 62.1. The van der Waals surface area contributed by atoms with Gasteiger partial charge in [0.25, 0.3) is 5.91 Å². The normalized spacial score (nSPS) is 10.5. The molecule has 69 heavy (non-hydrogen) atoms. The van der Waals surface area contributed by atoms with Gasteiger partial charge in [0.2, 0.25) is 23.6 Å². The van der Waals surface area contributed by atoms with Crippen LogP contribution in [-0.4, -0.2) is 88.3 Å². The van der Waals surface area contributed by atoms with Gasteiger partial charge in [0, 0.05) is 40.3 Å². The monoisotopic (exact) mass is 978 g/mol. The van der Waals surface area contributed by atoms with Crippen LogP contribution < -0.4 is 41.5 Å². The Hall–Kier alpha value is -8.14. The Labute approximate surface area is 400 Å². The fraction of sp³-hybridized carbons (Fsp3) is 0.167. The van der Waals surface area contributed by atoms with Gasteiger partial charge in [0.05, 0.1) is 55.9 Å². The number of thiophene rings is 2. The van der Waals surface area contributed by atoms with Crippen LogP contribution in [0.1, 0.15) is 33.6 Å². The lowest BCUT2D eigenvalue weighted by Gasteiger charge is -2.10. The first-order valence-corrected chi connectivity index (χ1v) is 22.6. The summed E-state index contributed by atoms with van der Waals surface area (Å²) in [5.74, 6) is -1.14. The number of nitrogens with zero attached hydrogens (tertiary/aromatic N) is 4. The van der Waals surface area contributed by atoms with E-state index in [1.807, 2.05) is 10.8 Å². The van der Waals surface area contributed by atoms with E-state index >= 15 is 0 Å². The number of primary amides is 2. The molecule has 0 spiro atoms. The molecule has 0 saturated heterocycles. The summed E-state index contributed by atoms with van der Waals surface area (Å²) in [5, 5.41) is 17.0. The molecule has 0 radical (unpaired) electrons. The standard InChI is InChI=1S/C24H21FN4O4S.C22H17FN2O4S.C2H6N2O/c25-17-7-5-15(6-8-17)19-13-34-24-21(19)23(28-14-29-24)33-10-2-9-32-18-4-1-3-16(11-18)22(31)27-12-20(26)30;23-16-7-5-14(6-8-16)18-12-30-21-19(18)20(24-13-25-21)29-10-2-9-28-17-4-1-3-15(11-17)22(26)27;3-1-2(4)5/h1,3-8,11,13-14H,2,9-10,12H2,(H2,26,30)(H,27,31);1,3-8,11-13H,2,9-10H2,(H,26,27);1,3H2,(H2,4,5). The van der Waals surface area contributed by atoms with Gasteiger partial charge in [0.1, 0.15) is 45.4 Å². The number of ether oxygens (including phenoxy) is 4. The highest BCUT2D eigenvalue weighted by Crippen LogP contribution is 2.39. The fourth-order valence-corrected chi connectivity index (χ4v) is 7.96. The maximum absolute atomic E-state index is 13.3. The van der Waals surface area contributed by atoms with Crippen molar-refractivity contribution in [2.75, 3.05) is 39.5 Å². The van der Waals surface area contributed by atoms with Crippen molar-refractivity contribution < 1.29 is 52.0 Å². The molecule has 17 nitrogen and oxygen atoms in total. The van der Waals surface area contributed by atoms with E-state index in [1.54, 1.807) is 60.7 Å². The van der Waals surface area contributed by atoms with Gasteiger partial charge in [-0.05, 0) is 71.8 Å². The lowest BCUT2D eigenvalue weighted by atomic mass is 10.1. The van der Waals surface area contributed by atoms with Gasteiger partial charge in [-0.25, -0.2) is 33.5 Å². The van der Waals surface area contributed by atoms with E-state index in [0.29, 0.717) is 68.1 Å². The quantitative estimate of drug-likeness (QED) is 0.0509. The zero-order valence-electron chi connectivity index (χ0n) is 36.5. The second-order valence-corrected chi connectivity index (χ2v) is 16.0. The molecular weight excluding hydrogens is 935 g/mol. The first kappa shape index (κ1) is 50.3. The average Bonchev–Trinajstić information content (AvgIpc) is 4.00. The molecular formula is C48H44F2N8O9S2. The third-order valence-corrected chi connectivity index (χ3v) is 11.1. The number of carboxylic acid groups (broad SMARTS) is 1. The number of aromatic nitrogens is 4. The SMILES string of the molecule is NC(=O)CNC(=O)c1cccc(OCCCOc2ncnc3scc(-c4ccc(F)cc4)c23)c1.NCC(N)=O.O=C(O)c1cccc(OCCCOc2ncnc3scc(-c4ccc(F)cc4)c23)c1. The number of carbonyl (C=O) groups excluding carboxylic acids is 3. The van der Waals surface area contributed by atoms with Crippen LogP contribution in [0, 0.1) is 11.6 Å². The zero-order chi connectivity index (χ0) is 49.1. The maximum Gasteiger partial charge on any atom is 0.335 e. The highest BCUT2D eigenvalue weighted by atomic mass is 32.1. The van der Waals surface area contributed by atoms with E-state index in [0.717, 1.165) is 42.7 Å². The van der Waals surface area contributed by atoms with Crippen molar-refractivity contribution >= 4 is 66.8 Å². The third-order valence-electron chi connectivity index (χ3n) is 9.38. The number of hydrogen-bond donors (Lipinski definition) is 5. The molecule has 0 fully saturated rings. The van der Waals surface area contributed by atoms with Gasteiger partial charge in [0.15, 0.2) is 0 Å². The molecule has 0 saturated carbocycles. The molecule has 8 rings (SSSR count). The Kier molecular flexibility index (Phi) is 18.3. The fourth-order valence-electron chi connectivity index (χ4n) is 6.15. The predicted octanol–water partition coefficient (Wildman–Crippen LogP) is 7.03. The number of fused-ring (bicyclic) bond motifs is 2. The zero-order valence-corrected chi connectivity index (χ0v) is 38.1. The van der Waals surface area contributed by atoms with E-state index in [-0.39, 0.29) is 30.3 Å². The maximum atomic E-state index is 13.3. The highest BCUT2D eigenvalue weighted by molar-refractivity contribution is 7.17. The van der Waals surface area contributed by atoms with Crippen LogP contribution in [0.25, 0.3) is 42.7 Å². The Morgan fingerprint density at radius 2 is 1.03 bits per heavy atom. The number of rotatable bonds is 19. The van der Waals surface area contributed by atoms with E-state index in [4.69, 9.17) is 35.5 Å². The third kappa shape index (κ3) is 14.7. The molecule has 4 aromatic carbocycles. The molecule has 0 unspecified atom stereocenters. The topological polar surface area (TPSA) is 267 Å². The smallest absolute Gasteiger partial charge is 0.335 e. The minimum Gasteiger partial charge on any atom is -0.493 e. The van der Waals surface area contributed by atoms with Crippen molar-refractivity contribution in [3.8, 4) is 45.5 Å². The van der Waals surface area contributed by atoms with Crippen LogP contribution in [0.5, 0.6) is 23.3 Å². The van der Waals surface area contributed by atoms with Crippen molar-refractivity contribution in [3.63, 3.8) is 0 Å². The Morgan fingerprint density at radius 3 is 1.46 bits per heavy atom. The van der Waals surface area contributed by atoms with Gasteiger partial charge >= 0.3 is 5.97 Å². The number of carbonyl (C=O) groups is 4. The summed E-state index contributed by atoms with van der Waals surface area (Å²) >= 11 is 2.94. The first-order valence-electron chi connectivity index (χ1n) is 20.9. The van der Waals surface area contributed by atoms with Crippen molar-refractivity contribution in [2.45, 2.75) is 12.8 Å². The van der Waals surface area contributed by atoms with Crippen molar-refractivity contribution in [3.05, 3.63) is 143 Å². The molecule has 3 amide bonds. The van der Waals surface area contributed by atoms with Gasteiger partial charge < -0.3 is 46.6 Å². The summed E-state index contributed by atoms with van der Waals surface area (Å²) in [6.45, 7) is 1.15. The number of carboxylic acids is 1. The summed E-state index contributed by atoms with van der Waals surface area (Å²) in [6.07, 6.45) is 4.06. The number of nitrogens with one attached hydrogen (secondary N) is 1. The molecule has 8 aromatic rings.